The highest BCUT2D eigenvalue weighted by Gasteiger charge is 2.21. The highest BCUT2D eigenvalue weighted by molar-refractivity contribution is 6.33. The Morgan fingerprint density at radius 2 is 2.39 bits per heavy atom. The molecule has 0 N–H and O–H groups in total. The normalized spacial score (nSPS) is 18.9. The highest BCUT2D eigenvalue weighted by Crippen LogP contribution is 2.30. The molecule has 3 nitrogen and oxygen atoms in total. The molecule has 1 unspecified atom stereocenters. The lowest BCUT2D eigenvalue weighted by Crippen LogP contribution is -2.32. The Hall–Kier alpha value is -1.06. The van der Waals surface area contributed by atoms with Gasteiger partial charge in [-0.3, -0.25) is 4.79 Å². The predicted octanol–water partition coefficient (Wildman–Crippen LogP) is 3.16. The summed E-state index contributed by atoms with van der Waals surface area (Å²) in [4.78, 5) is 13.2. The third kappa shape index (κ3) is 2.85. The lowest BCUT2D eigenvalue weighted by molar-refractivity contribution is 0.111. The molecule has 1 aliphatic heterocycles. The number of nitrogens with zero attached hydrogens (tertiary/aromatic N) is 1. The van der Waals surface area contributed by atoms with Gasteiger partial charge in [-0.25, -0.2) is 0 Å². The van der Waals surface area contributed by atoms with Crippen LogP contribution in [0.1, 0.15) is 30.1 Å². The summed E-state index contributed by atoms with van der Waals surface area (Å²) in [6, 6.07) is 5.42. The van der Waals surface area contributed by atoms with Gasteiger partial charge in [0.1, 0.15) is 0 Å². The molecule has 18 heavy (non-hydrogen) atoms. The standard InChI is InChI=1S/C14H18ClNO2/c1-2-16(9-12-6-4-8-18-12)14-11(10-17)5-3-7-13(14)15/h3,5,7,10,12H,2,4,6,8-9H2,1H3. The van der Waals surface area contributed by atoms with Crippen LogP contribution in [0.4, 0.5) is 5.69 Å². The van der Waals surface area contributed by atoms with Crippen molar-refractivity contribution in [1.29, 1.82) is 0 Å². The maximum absolute atomic E-state index is 11.1. The number of hydrogen-bond donors (Lipinski definition) is 0. The number of para-hydroxylation sites is 1. The van der Waals surface area contributed by atoms with Crippen molar-refractivity contribution < 1.29 is 9.53 Å². The van der Waals surface area contributed by atoms with Gasteiger partial charge in [0.25, 0.3) is 0 Å². The first kappa shape index (κ1) is 13.4. The fourth-order valence-electron chi connectivity index (χ4n) is 2.37. The van der Waals surface area contributed by atoms with Crippen molar-refractivity contribution in [2.24, 2.45) is 0 Å². The summed E-state index contributed by atoms with van der Waals surface area (Å²) < 4.78 is 5.65. The van der Waals surface area contributed by atoms with Gasteiger partial charge in [-0.05, 0) is 31.9 Å². The fraction of sp³-hybridized carbons (Fsp3) is 0.500. The van der Waals surface area contributed by atoms with Gasteiger partial charge in [0.05, 0.1) is 16.8 Å². The minimum absolute atomic E-state index is 0.251. The van der Waals surface area contributed by atoms with Gasteiger partial charge in [0.15, 0.2) is 6.29 Å². The average Bonchev–Trinajstić information content (AvgIpc) is 2.89. The zero-order valence-electron chi connectivity index (χ0n) is 10.6. The molecule has 1 fully saturated rings. The molecule has 0 aromatic heterocycles. The van der Waals surface area contributed by atoms with Gasteiger partial charge in [0, 0.05) is 25.3 Å². The van der Waals surface area contributed by atoms with Gasteiger partial charge in [-0.1, -0.05) is 17.7 Å². The minimum Gasteiger partial charge on any atom is -0.376 e. The molecular weight excluding hydrogens is 250 g/mol. The maximum atomic E-state index is 11.1. The maximum Gasteiger partial charge on any atom is 0.152 e. The van der Waals surface area contributed by atoms with Crippen LogP contribution >= 0.6 is 11.6 Å². The number of ether oxygens (including phenoxy) is 1. The molecule has 0 radical (unpaired) electrons. The van der Waals surface area contributed by atoms with E-state index in [-0.39, 0.29) is 6.10 Å². The van der Waals surface area contributed by atoms with Crippen LogP contribution in [0.25, 0.3) is 0 Å². The molecule has 1 atom stereocenters. The molecule has 0 bridgehead atoms. The number of carbonyl (C=O) groups is 1. The van der Waals surface area contributed by atoms with Crippen molar-refractivity contribution in [2.75, 3.05) is 24.6 Å². The molecular formula is C14H18ClNO2. The first-order valence-corrected chi connectivity index (χ1v) is 6.74. The molecule has 0 saturated carbocycles. The van der Waals surface area contributed by atoms with Crippen LogP contribution < -0.4 is 4.90 Å². The first-order valence-electron chi connectivity index (χ1n) is 6.36. The van der Waals surface area contributed by atoms with Crippen LogP contribution in [0.3, 0.4) is 0 Å². The summed E-state index contributed by atoms with van der Waals surface area (Å²) in [7, 11) is 0. The molecule has 1 saturated heterocycles. The van der Waals surface area contributed by atoms with Crippen LogP contribution in [0.2, 0.25) is 5.02 Å². The Morgan fingerprint density at radius 1 is 1.56 bits per heavy atom. The van der Waals surface area contributed by atoms with E-state index in [1.807, 2.05) is 6.07 Å². The molecule has 1 heterocycles. The highest BCUT2D eigenvalue weighted by atomic mass is 35.5. The number of halogens is 1. The number of hydrogen-bond acceptors (Lipinski definition) is 3. The van der Waals surface area contributed by atoms with E-state index in [1.165, 1.54) is 0 Å². The van der Waals surface area contributed by atoms with Crippen LogP contribution in [0, 0.1) is 0 Å². The number of carbonyl (C=O) groups excluding carboxylic acids is 1. The number of likely N-dealkylation sites (N-methyl/N-ethyl adjacent to an activating group) is 1. The third-order valence-corrected chi connectivity index (χ3v) is 3.60. The molecule has 0 aliphatic carbocycles. The quantitative estimate of drug-likeness (QED) is 0.768. The Bertz CT molecular complexity index is 416. The molecule has 0 spiro atoms. The minimum atomic E-state index is 0.251. The monoisotopic (exact) mass is 267 g/mol. The largest absolute Gasteiger partial charge is 0.376 e. The summed E-state index contributed by atoms with van der Waals surface area (Å²) in [6.45, 7) is 4.50. The van der Waals surface area contributed by atoms with E-state index in [9.17, 15) is 4.79 Å². The van der Waals surface area contributed by atoms with Gasteiger partial charge in [-0.15, -0.1) is 0 Å². The van der Waals surface area contributed by atoms with Gasteiger partial charge in [0.2, 0.25) is 0 Å². The molecule has 1 aliphatic rings. The van der Waals surface area contributed by atoms with E-state index in [4.69, 9.17) is 16.3 Å². The van der Waals surface area contributed by atoms with Crippen molar-refractivity contribution in [3.05, 3.63) is 28.8 Å². The van der Waals surface area contributed by atoms with Crippen molar-refractivity contribution in [1.82, 2.24) is 0 Å². The van der Waals surface area contributed by atoms with E-state index < -0.39 is 0 Å². The number of benzene rings is 1. The number of aldehydes is 1. The number of rotatable bonds is 5. The Kier molecular flexibility index (Phi) is 4.61. The molecule has 4 heteroatoms. The zero-order valence-corrected chi connectivity index (χ0v) is 11.3. The van der Waals surface area contributed by atoms with E-state index in [0.29, 0.717) is 10.6 Å². The van der Waals surface area contributed by atoms with Crippen LogP contribution in [-0.4, -0.2) is 32.1 Å². The van der Waals surface area contributed by atoms with E-state index in [1.54, 1.807) is 12.1 Å². The Labute approximate surface area is 113 Å². The molecule has 0 amide bonds. The van der Waals surface area contributed by atoms with Gasteiger partial charge in [-0.2, -0.15) is 0 Å². The van der Waals surface area contributed by atoms with E-state index >= 15 is 0 Å². The molecule has 98 valence electrons. The fourth-order valence-corrected chi connectivity index (χ4v) is 2.67. The smallest absolute Gasteiger partial charge is 0.152 e. The Balaban J connectivity index is 2.23. The topological polar surface area (TPSA) is 29.5 Å². The van der Waals surface area contributed by atoms with Gasteiger partial charge < -0.3 is 9.64 Å². The van der Waals surface area contributed by atoms with Crippen LogP contribution in [-0.2, 0) is 4.74 Å². The van der Waals surface area contributed by atoms with E-state index in [2.05, 4.69) is 11.8 Å². The van der Waals surface area contributed by atoms with Crippen molar-refractivity contribution >= 4 is 23.6 Å². The Morgan fingerprint density at radius 3 is 3.00 bits per heavy atom. The molecule has 1 aromatic rings. The lowest BCUT2D eigenvalue weighted by atomic mass is 10.1. The van der Waals surface area contributed by atoms with Crippen LogP contribution in [0.5, 0.6) is 0 Å². The van der Waals surface area contributed by atoms with Gasteiger partial charge >= 0.3 is 0 Å². The second-order valence-electron chi connectivity index (χ2n) is 4.47. The second kappa shape index (κ2) is 6.21. The SMILES string of the molecule is CCN(CC1CCCO1)c1c(Cl)cccc1C=O. The predicted molar refractivity (Wildman–Crippen MR) is 73.7 cm³/mol. The van der Waals surface area contributed by atoms with Crippen LogP contribution in [0.15, 0.2) is 18.2 Å². The molecule has 2 rings (SSSR count). The average molecular weight is 268 g/mol. The zero-order chi connectivity index (χ0) is 13.0. The molecule has 1 aromatic carbocycles. The van der Waals surface area contributed by atoms with Crippen molar-refractivity contribution in [3.8, 4) is 0 Å². The number of anilines is 1. The summed E-state index contributed by atoms with van der Waals surface area (Å²) in [5, 5.41) is 0.624. The van der Waals surface area contributed by atoms with Crippen molar-refractivity contribution in [2.45, 2.75) is 25.9 Å². The second-order valence-corrected chi connectivity index (χ2v) is 4.88. The summed E-state index contributed by atoms with van der Waals surface area (Å²) in [5.41, 5.74) is 1.47. The summed E-state index contributed by atoms with van der Waals surface area (Å²) in [6.07, 6.45) is 3.31. The lowest BCUT2D eigenvalue weighted by Gasteiger charge is -2.28. The van der Waals surface area contributed by atoms with Crippen molar-refractivity contribution in [3.63, 3.8) is 0 Å². The van der Waals surface area contributed by atoms with E-state index in [0.717, 1.165) is 44.5 Å². The summed E-state index contributed by atoms with van der Waals surface area (Å²) in [5.74, 6) is 0. The summed E-state index contributed by atoms with van der Waals surface area (Å²) >= 11 is 6.23. The first-order chi connectivity index (χ1) is 8.76. The third-order valence-electron chi connectivity index (χ3n) is 3.29.